The molecule has 6 heteroatoms. The Kier molecular flexibility index (Phi) is 3.86. The summed E-state index contributed by atoms with van der Waals surface area (Å²) in [7, 11) is -3.28. The largest absolute Gasteiger partial charge is 0.444 e. The van der Waals surface area contributed by atoms with E-state index < -0.39 is 21.9 Å². The molecular weight excluding hydrogens is 242 g/mol. The first-order valence-corrected chi connectivity index (χ1v) is 6.64. The summed E-state index contributed by atoms with van der Waals surface area (Å²) in [4.78, 5) is 11.6. The molecule has 0 aliphatic heterocycles. The summed E-state index contributed by atoms with van der Waals surface area (Å²) in [5.74, 6) is -0.654. The van der Waals surface area contributed by atoms with Crippen LogP contribution < -0.4 is 0 Å². The van der Waals surface area contributed by atoms with Gasteiger partial charge in [0.15, 0.2) is 15.9 Å². The maximum atomic E-state index is 11.5. The van der Waals surface area contributed by atoms with Crippen LogP contribution in [0.15, 0.2) is 29.2 Å². The monoisotopic (exact) mass is 253 g/mol. The van der Waals surface area contributed by atoms with Crippen molar-refractivity contribution in [3.05, 3.63) is 29.8 Å². The van der Waals surface area contributed by atoms with E-state index in [2.05, 4.69) is 0 Å². The number of benzene rings is 1. The minimum atomic E-state index is -3.28. The predicted molar refractivity (Wildman–Crippen MR) is 60.0 cm³/mol. The number of sulfone groups is 1. The van der Waals surface area contributed by atoms with E-state index >= 15 is 0 Å². The molecule has 0 saturated carbocycles. The van der Waals surface area contributed by atoms with Crippen molar-refractivity contribution in [1.82, 2.24) is 0 Å². The van der Waals surface area contributed by atoms with Gasteiger partial charge < -0.3 is 4.74 Å². The number of rotatable bonds is 3. The Hall–Kier alpha value is -1.87. The van der Waals surface area contributed by atoms with Crippen molar-refractivity contribution in [2.75, 3.05) is 6.26 Å². The Morgan fingerprint density at radius 2 is 1.88 bits per heavy atom. The molecule has 0 aliphatic carbocycles. The van der Waals surface area contributed by atoms with E-state index in [1.165, 1.54) is 31.2 Å². The molecule has 0 spiro atoms. The van der Waals surface area contributed by atoms with Gasteiger partial charge in [-0.3, -0.25) is 0 Å². The van der Waals surface area contributed by atoms with Crippen molar-refractivity contribution in [3.63, 3.8) is 0 Å². The zero-order chi connectivity index (χ0) is 13.1. The molecule has 0 amide bonds. The molecule has 0 saturated heterocycles. The fraction of sp³-hybridized carbons (Fsp3) is 0.273. The highest BCUT2D eigenvalue weighted by Crippen LogP contribution is 2.11. The third-order valence-electron chi connectivity index (χ3n) is 1.98. The van der Waals surface area contributed by atoms with Crippen molar-refractivity contribution in [2.45, 2.75) is 17.9 Å². The molecule has 1 aromatic carbocycles. The van der Waals surface area contributed by atoms with E-state index in [4.69, 9.17) is 10.00 Å². The Balaban J connectivity index is 2.89. The molecule has 5 nitrogen and oxygen atoms in total. The number of carbonyl (C=O) groups is 1. The van der Waals surface area contributed by atoms with Gasteiger partial charge in [0, 0.05) is 6.26 Å². The second-order valence-electron chi connectivity index (χ2n) is 3.47. The third kappa shape index (κ3) is 3.57. The van der Waals surface area contributed by atoms with Crippen molar-refractivity contribution in [1.29, 1.82) is 5.26 Å². The molecule has 0 bridgehead atoms. The van der Waals surface area contributed by atoms with Crippen LogP contribution in [0.3, 0.4) is 0 Å². The maximum Gasteiger partial charge on any atom is 0.339 e. The number of hydrogen-bond donors (Lipinski definition) is 0. The van der Waals surface area contributed by atoms with Gasteiger partial charge in [0.2, 0.25) is 0 Å². The average Bonchev–Trinajstić information content (AvgIpc) is 2.27. The second-order valence-corrected chi connectivity index (χ2v) is 5.49. The lowest BCUT2D eigenvalue weighted by Crippen LogP contribution is -2.13. The summed E-state index contributed by atoms with van der Waals surface area (Å²) in [5, 5.41) is 8.47. The van der Waals surface area contributed by atoms with Gasteiger partial charge in [0.05, 0.1) is 10.5 Å². The maximum absolute atomic E-state index is 11.5. The summed E-state index contributed by atoms with van der Waals surface area (Å²) in [6.07, 6.45) is 0.245. The molecule has 17 heavy (non-hydrogen) atoms. The van der Waals surface area contributed by atoms with E-state index in [0.717, 1.165) is 6.26 Å². The zero-order valence-electron chi connectivity index (χ0n) is 9.38. The highest BCUT2D eigenvalue weighted by Gasteiger charge is 2.13. The van der Waals surface area contributed by atoms with Crippen LogP contribution in [-0.4, -0.2) is 26.7 Å². The zero-order valence-corrected chi connectivity index (χ0v) is 10.2. The first-order chi connectivity index (χ1) is 7.84. The normalized spacial score (nSPS) is 12.5. The molecule has 1 aromatic rings. The van der Waals surface area contributed by atoms with Gasteiger partial charge in [-0.25, -0.2) is 13.2 Å². The van der Waals surface area contributed by atoms with Crippen LogP contribution in [0.25, 0.3) is 0 Å². The van der Waals surface area contributed by atoms with Crippen molar-refractivity contribution in [3.8, 4) is 6.07 Å². The smallest absolute Gasteiger partial charge is 0.339 e. The van der Waals surface area contributed by atoms with Gasteiger partial charge in [-0.1, -0.05) is 0 Å². The number of ether oxygens (including phenoxy) is 1. The van der Waals surface area contributed by atoms with Gasteiger partial charge in [-0.2, -0.15) is 5.26 Å². The molecule has 1 unspecified atom stereocenters. The van der Waals surface area contributed by atoms with Crippen LogP contribution in [0.2, 0.25) is 0 Å². The highest BCUT2D eigenvalue weighted by atomic mass is 32.2. The lowest BCUT2D eigenvalue weighted by atomic mass is 10.2. The van der Waals surface area contributed by atoms with E-state index in [1.54, 1.807) is 6.07 Å². The highest BCUT2D eigenvalue weighted by molar-refractivity contribution is 7.90. The van der Waals surface area contributed by atoms with Gasteiger partial charge >= 0.3 is 5.97 Å². The molecule has 0 aliphatic rings. The Morgan fingerprint density at radius 3 is 2.29 bits per heavy atom. The van der Waals surface area contributed by atoms with Crippen LogP contribution in [0.4, 0.5) is 0 Å². The molecule has 0 fully saturated rings. The van der Waals surface area contributed by atoms with E-state index in [0.29, 0.717) is 0 Å². The Labute approximate surface area is 99.5 Å². The topological polar surface area (TPSA) is 84.2 Å². The fourth-order valence-corrected chi connectivity index (χ4v) is 1.72. The van der Waals surface area contributed by atoms with Gasteiger partial charge in [-0.15, -0.1) is 0 Å². The minimum Gasteiger partial charge on any atom is -0.444 e. The SMILES string of the molecule is CC(C#N)OC(=O)c1ccc(S(C)(=O)=O)cc1. The third-order valence-corrected chi connectivity index (χ3v) is 3.11. The number of nitrogens with zero attached hydrogens (tertiary/aromatic N) is 1. The van der Waals surface area contributed by atoms with Crippen molar-refractivity contribution >= 4 is 15.8 Å². The minimum absolute atomic E-state index is 0.127. The second kappa shape index (κ2) is 4.97. The molecule has 0 heterocycles. The lowest BCUT2D eigenvalue weighted by Gasteiger charge is -2.06. The van der Waals surface area contributed by atoms with Gasteiger partial charge in [-0.05, 0) is 31.2 Å². The van der Waals surface area contributed by atoms with Gasteiger partial charge in [0.1, 0.15) is 6.07 Å². The van der Waals surface area contributed by atoms with E-state index in [1.807, 2.05) is 0 Å². The Bertz CT molecular complexity index is 554. The summed E-state index contributed by atoms with van der Waals surface area (Å²) in [6, 6.07) is 7.11. The molecule has 1 rings (SSSR count). The average molecular weight is 253 g/mol. The van der Waals surface area contributed by atoms with Crippen molar-refractivity contribution in [2.24, 2.45) is 0 Å². The van der Waals surface area contributed by atoms with Crippen LogP contribution in [0.1, 0.15) is 17.3 Å². The van der Waals surface area contributed by atoms with E-state index in [-0.39, 0.29) is 10.5 Å². The summed E-state index contributed by atoms with van der Waals surface area (Å²) in [6.45, 7) is 1.45. The standard InChI is InChI=1S/C11H11NO4S/c1-8(7-12)16-11(13)9-3-5-10(6-4-9)17(2,14)15/h3-6,8H,1-2H3. The first-order valence-electron chi connectivity index (χ1n) is 4.75. The lowest BCUT2D eigenvalue weighted by molar-refractivity contribution is 0.0435. The van der Waals surface area contributed by atoms with E-state index in [9.17, 15) is 13.2 Å². The molecular formula is C11H11NO4S. The summed E-state index contributed by atoms with van der Waals surface area (Å²) < 4.78 is 27.1. The van der Waals surface area contributed by atoms with Crippen LogP contribution in [0.5, 0.6) is 0 Å². The summed E-state index contributed by atoms with van der Waals surface area (Å²) >= 11 is 0. The summed E-state index contributed by atoms with van der Waals surface area (Å²) in [5.41, 5.74) is 0.208. The molecule has 1 atom stereocenters. The number of carbonyl (C=O) groups excluding carboxylic acids is 1. The van der Waals surface area contributed by atoms with Crippen LogP contribution in [-0.2, 0) is 14.6 Å². The Morgan fingerprint density at radius 1 is 1.35 bits per heavy atom. The van der Waals surface area contributed by atoms with Crippen LogP contribution >= 0.6 is 0 Å². The molecule has 90 valence electrons. The van der Waals surface area contributed by atoms with Gasteiger partial charge in [0.25, 0.3) is 0 Å². The van der Waals surface area contributed by atoms with Crippen LogP contribution in [0, 0.1) is 11.3 Å². The van der Waals surface area contributed by atoms with Crippen molar-refractivity contribution < 1.29 is 17.9 Å². The predicted octanol–water partition coefficient (Wildman–Crippen LogP) is 1.16. The molecule has 0 aromatic heterocycles. The molecule has 0 radical (unpaired) electrons. The fourth-order valence-electron chi connectivity index (χ4n) is 1.09. The molecule has 0 N–H and O–H groups in total. The number of hydrogen-bond acceptors (Lipinski definition) is 5. The first kappa shape index (κ1) is 13.2. The number of esters is 1. The number of nitriles is 1. The quantitative estimate of drug-likeness (QED) is 0.755.